The number of aryl methyl sites for hydroxylation is 1. The van der Waals surface area contributed by atoms with Crippen molar-refractivity contribution in [3.05, 3.63) is 46.8 Å². The quantitative estimate of drug-likeness (QED) is 0.822. The summed E-state index contributed by atoms with van der Waals surface area (Å²) < 4.78 is 2.04. The van der Waals surface area contributed by atoms with E-state index in [1.807, 2.05) is 22.9 Å². The van der Waals surface area contributed by atoms with E-state index < -0.39 is 0 Å². The lowest BCUT2D eigenvalue weighted by molar-refractivity contribution is 0.659. The molecule has 0 aliphatic heterocycles. The molecule has 0 saturated carbocycles. The maximum Gasteiger partial charge on any atom is 0.0682 e. The molecule has 17 heavy (non-hydrogen) atoms. The van der Waals surface area contributed by atoms with Crippen LogP contribution in [0.15, 0.2) is 24.3 Å². The Morgan fingerprint density at radius 1 is 1.24 bits per heavy atom. The molecule has 1 heterocycles. The molecule has 3 nitrogen and oxygen atoms in total. The Balaban J connectivity index is 2.34. The van der Waals surface area contributed by atoms with Gasteiger partial charge in [0.2, 0.25) is 0 Å². The number of benzene rings is 1. The van der Waals surface area contributed by atoms with E-state index in [0.717, 1.165) is 29.9 Å². The minimum absolute atomic E-state index is 0.749. The summed E-state index contributed by atoms with van der Waals surface area (Å²) in [5.41, 5.74) is 11.6. The van der Waals surface area contributed by atoms with E-state index >= 15 is 0 Å². The fourth-order valence-corrected chi connectivity index (χ4v) is 2.24. The summed E-state index contributed by atoms with van der Waals surface area (Å²) in [6.07, 6.45) is 1.03. The number of aromatic nitrogens is 2. The molecular formula is C14H19N3. The second-order valence-electron chi connectivity index (χ2n) is 4.36. The van der Waals surface area contributed by atoms with Gasteiger partial charge in [0.15, 0.2) is 0 Å². The fraction of sp³-hybridized carbons (Fsp3) is 0.357. The summed E-state index contributed by atoms with van der Waals surface area (Å²) in [7, 11) is 0. The van der Waals surface area contributed by atoms with E-state index in [9.17, 15) is 0 Å². The molecule has 90 valence electrons. The summed E-state index contributed by atoms with van der Waals surface area (Å²) in [4.78, 5) is 0. The van der Waals surface area contributed by atoms with Crippen LogP contribution in [0.3, 0.4) is 0 Å². The van der Waals surface area contributed by atoms with Gasteiger partial charge in [-0.05, 0) is 37.5 Å². The molecule has 0 aliphatic carbocycles. The number of nitrogen functional groups attached to an aromatic ring is 1. The van der Waals surface area contributed by atoms with Crippen LogP contribution < -0.4 is 5.73 Å². The van der Waals surface area contributed by atoms with Gasteiger partial charge in [0, 0.05) is 11.4 Å². The summed E-state index contributed by atoms with van der Waals surface area (Å²) in [5.74, 6) is 0. The predicted molar refractivity (Wildman–Crippen MR) is 71.0 cm³/mol. The third kappa shape index (κ3) is 2.18. The largest absolute Gasteiger partial charge is 0.398 e. The van der Waals surface area contributed by atoms with Crippen LogP contribution in [0.2, 0.25) is 0 Å². The average molecular weight is 229 g/mol. The van der Waals surface area contributed by atoms with Crippen molar-refractivity contribution in [2.75, 3.05) is 5.73 Å². The van der Waals surface area contributed by atoms with Gasteiger partial charge in [-0.25, -0.2) is 0 Å². The van der Waals surface area contributed by atoms with Crippen molar-refractivity contribution in [1.29, 1.82) is 0 Å². The van der Waals surface area contributed by atoms with Crippen LogP contribution in [-0.2, 0) is 13.0 Å². The van der Waals surface area contributed by atoms with E-state index in [0.29, 0.717) is 0 Å². The van der Waals surface area contributed by atoms with Crippen molar-refractivity contribution in [3.63, 3.8) is 0 Å². The van der Waals surface area contributed by atoms with Crippen LogP contribution in [0.4, 0.5) is 5.69 Å². The minimum Gasteiger partial charge on any atom is -0.398 e. The van der Waals surface area contributed by atoms with Crippen molar-refractivity contribution in [2.45, 2.75) is 33.7 Å². The number of nitrogens with zero attached hydrogens (tertiary/aromatic N) is 2. The molecule has 1 aromatic heterocycles. The molecule has 1 aromatic carbocycles. The number of rotatable bonds is 3. The van der Waals surface area contributed by atoms with Gasteiger partial charge < -0.3 is 5.73 Å². The normalized spacial score (nSPS) is 10.8. The van der Waals surface area contributed by atoms with Crippen molar-refractivity contribution in [3.8, 4) is 0 Å². The van der Waals surface area contributed by atoms with Crippen molar-refractivity contribution < 1.29 is 0 Å². The van der Waals surface area contributed by atoms with Crippen molar-refractivity contribution in [2.24, 2.45) is 0 Å². The van der Waals surface area contributed by atoms with Gasteiger partial charge in [-0.3, -0.25) is 4.68 Å². The Labute approximate surface area is 102 Å². The lowest BCUT2D eigenvalue weighted by atomic mass is 10.1. The molecule has 0 saturated heterocycles. The lowest BCUT2D eigenvalue weighted by Gasteiger charge is -2.07. The second kappa shape index (κ2) is 4.62. The second-order valence-corrected chi connectivity index (χ2v) is 4.36. The summed E-state index contributed by atoms with van der Waals surface area (Å²) in [5, 5.41) is 4.58. The van der Waals surface area contributed by atoms with Gasteiger partial charge >= 0.3 is 0 Å². The van der Waals surface area contributed by atoms with Crippen LogP contribution in [0.5, 0.6) is 0 Å². The van der Waals surface area contributed by atoms with Crippen molar-refractivity contribution in [1.82, 2.24) is 9.78 Å². The molecule has 2 N–H and O–H groups in total. The summed E-state index contributed by atoms with van der Waals surface area (Å²) in [6, 6.07) is 7.95. The first-order valence-electron chi connectivity index (χ1n) is 5.99. The monoisotopic (exact) mass is 229 g/mol. The molecule has 0 amide bonds. The highest BCUT2D eigenvalue weighted by Crippen LogP contribution is 2.17. The maximum atomic E-state index is 5.95. The van der Waals surface area contributed by atoms with E-state index in [1.165, 1.54) is 11.3 Å². The first kappa shape index (κ1) is 11.7. The third-order valence-electron chi connectivity index (χ3n) is 3.26. The number of anilines is 1. The Morgan fingerprint density at radius 2 is 1.94 bits per heavy atom. The number of nitrogens with two attached hydrogens (primary N) is 1. The number of hydrogen-bond acceptors (Lipinski definition) is 2. The first-order chi connectivity index (χ1) is 8.13. The average Bonchev–Trinajstić information content (AvgIpc) is 2.57. The highest BCUT2D eigenvalue weighted by Gasteiger charge is 2.10. The van der Waals surface area contributed by atoms with Gasteiger partial charge in [-0.1, -0.05) is 25.1 Å². The minimum atomic E-state index is 0.749. The maximum absolute atomic E-state index is 5.95. The molecule has 0 bridgehead atoms. The van der Waals surface area contributed by atoms with Crippen molar-refractivity contribution >= 4 is 5.69 Å². The molecular weight excluding hydrogens is 210 g/mol. The first-order valence-corrected chi connectivity index (χ1v) is 5.99. The summed E-state index contributed by atoms with van der Waals surface area (Å²) >= 11 is 0. The van der Waals surface area contributed by atoms with Crippen LogP contribution in [0.1, 0.15) is 29.4 Å². The summed E-state index contributed by atoms with van der Waals surface area (Å²) in [6.45, 7) is 7.10. The predicted octanol–water partition coefficient (Wildman–Crippen LogP) is 2.69. The smallest absolute Gasteiger partial charge is 0.0682 e. The van der Waals surface area contributed by atoms with Gasteiger partial charge in [0.1, 0.15) is 0 Å². The Hall–Kier alpha value is -1.77. The van der Waals surface area contributed by atoms with Crippen LogP contribution in [0, 0.1) is 13.8 Å². The molecule has 2 aromatic rings. The van der Waals surface area contributed by atoms with Crippen LogP contribution >= 0.6 is 0 Å². The molecule has 0 aliphatic rings. The lowest BCUT2D eigenvalue weighted by Crippen LogP contribution is -2.06. The Kier molecular flexibility index (Phi) is 3.18. The van der Waals surface area contributed by atoms with Crippen LogP contribution in [-0.4, -0.2) is 9.78 Å². The molecule has 2 rings (SSSR count). The Morgan fingerprint density at radius 3 is 2.53 bits per heavy atom. The van der Waals surface area contributed by atoms with Crippen LogP contribution in [0.25, 0.3) is 0 Å². The third-order valence-corrected chi connectivity index (χ3v) is 3.26. The number of para-hydroxylation sites is 1. The Bertz CT molecular complexity index is 526. The zero-order valence-corrected chi connectivity index (χ0v) is 10.7. The molecule has 0 fully saturated rings. The van der Waals surface area contributed by atoms with Gasteiger partial charge in [0.25, 0.3) is 0 Å². The van der Waals surface area contributed by atoms with E-state index in [1.54, 1.807) is 0 Å². The topological polar surface area (TPSA) is 43.8 Å². The molecule has 0 unspecified atom stereocenters. The molecule has 0 spiro atoms. The fourth-order valence-electron chi connectivity index (χ4n) is 2.24. The van der Waals surface area contributed by atoms with E-state index in [4.69, 9.17) is 5.73 Å². The molecule has 3 heteroatoms. The SMILES string of the molecule is CCc1c(C)nn(Cc2ccccc2N)c1C. The van der Waals surface area contributed by atoms with Gasteiger partial charge in [0.05, 0.1) is 12.2 Å². The molecule has 0 atom stereocenters. The van der Waals surface area contributed by atoms with Gasteiger partial charge in [-0.15, -0.1) is 0 Å². The molecule has 0 radical (unpaired) electrons. The highest BCUT2D eigenvalue weighted by atomic mass is 15.3. The van der Waals surface area contributed by atoms with Gasteiger partial charge in [-0.2, -0.15) is 5.10 Å². The zero-order valence-electron chi connectivity index (χ0n) is 10.7. The highest BCUT2D eigenvalue weighted by molar-refractivity contribution is 5.46. The van der Waals surface area contributed by atoms with E-state index in [-0.39, 0.29) is 0 Å². The number of hydrogen-bond donors (Lipinski definition) is 1. The standard InChI is InChI=1S/C14H19N3/c1-4-13-10(2)16-17(11(13)3)9-12-7-5-6-8-14(12)15/h5-8H,4,9,15H2,1-3H3. The van der Waals surface area contributed by atoms with E-state index in [2.05, 4.69) is 31.9 Å². The zero-order chi connectivity index (χ0) is 12.4.